The van der Waals surface area contributed by atoms with E-state index in [9.17, 15) is 13.5 Å². The molecule has 0 unspecified atom stereocenters. The van der Waals surface area contributed by atoms with Gasteiger partial charge in [0.15, 0.2) is 5.84 Å². The van der Waals surface area contributed by atoms with E-state index in [0.29, 0.717) is 38.3 Å². The topological polar surface area (TPSA) is 166 Å². The average molecular weight is 420 g/mol. The Morgan fingerprint density at radius 1 is 1.24 bits per heavy atom. The molecule has 1 aliphatic heterocycles. The van der Waals surface area contributed by atoms with Gasteiger partial charge in [-0.15, -0.1) is 0 Å². The molecule has 1 heterocycles. The maximum absolute atomic E-state index is 12.0. The van der Waals surface area contributed by atoms with Gasteiger partial charge in [-0.2, -0.15) is 5.10 Å². The highest BCUT2D eigenvalue weighted by Crippen LogP contribution is 2.28. The number of sulfonamides is 1. The van der Waals surface area contributed by atoms with E-state index in [1.54, 1.807) is 12.1 Å². The van der Waals surface area contributed by atoms with Gasteiger partial charge in [0.2, 0.25) is 10.0 Å². The van der Waals surface area contributed by atoms with E-state index >= 15 is 0 Å². The third-order valence-electron chi connectivity index (χ3n) is 4.86. The lowest BCUT2D eigenvalue weighted by Gasteiger charge is -2.20. The molecule has 0 aliphatic carbocycles. The SMILES string of the molecule is N/N=C(\N)c1c(-c2ccc(CNC[C@@]3(O)CCOC3)cc2)cccc1S(N)(=O)=O. The zero-order valence-corrected chi connectivity index (χ0v) is 16.7. The summed E-state index contributed by atoms with van der Waals surface area (Å²) >= 11 is 0. The molecule has 0 amide bonds. The number of hydrogen-bond donors (Lipinski definition) is 5. The van der Waals surface area contributed by atoms with Gasteiger partial charge in [-0.25, -0.2) is 13.6 Å². The lowest BCUT2D eigenvalue weighted by Crippen LogP contribution is -2.40. The number of primary sulfonamides is 1. The van der Waals surface area contributed by atoms with Crippen LogP contribution < -0.4 is 22.0 Å². The summed E-state index contributed by atoms with van der Waals surface area (Å²) in [5.41, 5.74) is 7.51. The minimum Gasteiger partial charge on any atom is -0.386 e. The van der Waals surface area contributed by atoms with Gasteiger partial charge < -0.3 is 26.7 Å². The molecule has 0 aromatic heterocycles. The summed E-state index contributed by atoms with van der Waals surface area (Å²) in [5.74, 6) is 5.17. The van der Waals surface area contributed by atoms with E-state index in [1.807, 2.05) is 24.3 Å². The van der Waals surface area contributed by atoms with E-state index in [2.05, 4.69) is 10.4 Å². The molecule has 2 aromatic rings. The van der Waals surface area contributed by atoms with Crippen molar-refractivity contribution >= 4 is 15.9 Å². The van der Waals surface area contributed by atoms with Gasteiger partial charge in [-0.1, -0.05) is 36.4 Å². The van der Waals surface area contributed by atoms with Gasteiger partial charge in [-0.05, 0) is 22.8 Å². The lowest BCUT2D eigenvalue weighted by atomic mass is 9.98. The van der Waals surface area contributed by atoms with Crippen molar-refractivity contribution in [2.24, 2.45) is 21.8 Å². The van der Waals surface area contributed by atoms with E-state index in [0.717, 1.165) is 11.1 Å². The molecule has 0 spiro atoms. The summed E-state index contributed by atoms with van der Waals surface area (Å²) in [6.07, 6.45) is 0.617. The highest BCUT2D eigenvalue weighted by molar-refractivity contribution is 7.89. The molecule has 9 nitrogen and oxygen atoms in total. The zero-order valence-electron chi connectivity index (χ0n) is 15.8. The van der Waals surface area contributed by atoms with E-state index in [-0.39, 0.29) is 16.3 Å². The summed E-state index contributed by atoms with van der Waals surface area (Å²) in [7, 11) is -4.01. The maximum atomic E-state index is 12.0. The van der Waals surface area contributed by atoms with Crippen LogP contribution in [0.5, 0.6) is 0 Å². The van der Waals surface area contributed by atoms with Crippen LogP contribution in [-0.2, 0) is 21.3 Å². The minimum absolute atomic E-state index is 0.123. The third-order valence-corrected chi connectivity index (χ3v) is 5.81. The number of hydrogen-bond acceptors (Lipinski definition) is 7. The molecule has 3 rings (SSSR count). The molecule has 0 saturated carbocycles. The summed E-state index contributed by atoms with van der Waals surface area (Å²) in [5, 5.41) is 22.3. The van der Waals surface area contributed by atoms with Crippen LogP contribution >= 0.6 is 0 Å². The van der Waals surface area contributed by atoms with Crippen LogP contribution in [0, 0.1) is 0 Å². The molecule has 1 saturated heterocycles. The fourth-order valence-electron chi connectivity index (χ4n) is 3.32. The number of rotatable bonds is 7. The molecule has 1 fully saturated rings. The van der Waals surface area contributed by atoms with Crippen molar-refractivity contribution in [2.45, 2.75) is 23.5 Å². The smallest absolute Gasteiger partial charge is 0.238 e. The first-order valence-corrected chi connectivity index (χ1v) is 10.6. The Morgan fingerprint density at radius 3 is 2.55 bits per heavy atom. The van der Waals surface area contributed by atoms with E-state index in [4.69, 9.17) is 21.5 Å². The van der Waals surface area contributed by atoms with Crippen molar-refractivity contribution in [1.82, 2.24) is 5.32 Å². The Labute approximate surface area is 169 Å². The predicted molar refractivity (Wildman–Crippen MR) is 110 cm³/mol. The second-order valence-electron chi connectivity index (χ2n) is 7.07. The average Bonchev–Trinajstić information content (AvgIpc) is 3.13. The molecule has 156 valence electrons. The Hall–Kier alpha value is -2.50. The first-order valence-electron chi connectivity index (χ1n) is 9.03. The Balaban J connectivity index is 1.82. The highest BCUT2D eigenvalue weighted by atomic mass is 32.2. The molecule has 10 heteroatoms. The lowest BCUT2D eigenvalue weighted by molar-refractivity contribution is 0.0268. The highest BCUT2D eigenvalue weighted by Gasteiger charge is 2.31. The predicted octanol–water partition coefficient (Wildman–Crippen LogP) is -0.179. The maximum Gasteiger partial charge on any atom is 0.238 e. The molecule has 1 atom stereocenters. The van der Waals surface area contributed by atoms with Crippen molar-refractivity contribution in [3.63, 3.8) is 0 Å². The van der Waals surface area contributed by atoms with Crippen molar-refractivity contribution in [1.29, 1.82) is 0 Å². The molecule has 2 aromatic carbocycles. The summed E-state index contributed by atoms with van der Waals surface area (Å²) in [4.78, 5) is -0.139. The fourth-order valence-corrected chi connectivity index (χ4v) is 4.08. The number of hydrazone groups is 1. The van der Waals surface area contributed by atoms with E-state index in [1.165, 1.54) is 6.07 Å². The monoisotopic (exact) mass is 419 g/mol. The Bertz CT molecular complexity index is 1000. The number of nitrogens with two attached hydrogens (primary N) is 3. The fraction of sp³-hybridized carbons (Fsp3) is 0.316. The first-order chi connectivity index (χ1) is 13.7. The second-order valence-corrected chi connectivity index (χ2v) is 8.60. The van der Waals surface area contributed by atoms with E-state index < -0.39 is 15.6 Å². The quantitative estimate of drug-likeness (QED) is 0.180. The molecular formula is C19H25N5O4S. The van der Waals surface area contributed by atoms with Crippen molar-refractivity contribution in [3.05, 3.63) is 53.6 Å². The number of nitrogens with one attached hydrogen (secondary N) is 1. The van der Waals surface area contributed by atoms with Crippen LogP contribution in [0.4, 0.5) is 0 Å². The summed E-state index contributed by atoms with van der Waals surface area (Å²) in [6, 6.07) is 12.2. The normalized spacial score (nSPS) is 20.1. The molecule has 0 radical (unpaired) electrons. The molecule has 0 bridgehead atoms. The second kappa shape index (κ2) is 8.47. The molecule has 1 aliphatic rings. The first kappa shape index (κ1) is 21.2. The van der Waals surface area contributed by atoms with Crippen LogP contribution in [-0.4, -0.2) is 44.7 Å². The van der Waals surface area contributed by atoms with Crippen molar-refractivity contribution in [2.75, 3.05) is 19.8 Å². The number of aliphatic hydroxyl groups is 1. The van der Waals surface area contributed by atoms with Crippen molar-refractivity contribution in [3.8, 4) is 11.1 Å². The number of amidine groups is 1. The van der Waals surface area contributed by atoms with Gasteiger partial charge in [0.1, 0.15) is 5.60 Å². The summed E-state index contributed by atoms with van der Waals surface area (Å²) in [6.45, 7) is 1.92. The molecular weight excluding hydrogens is 394 g/mol. The largest absolute Gasteiger partial charge is 0.386 e. The van der Waals surface area contributed by atoms with Crippen molar-refractivity contribution < 1.29 is 18.3 Å². The van der Waals surface area contributed by atoms with Crippen LogP contribution in [0.3, 0.4) is 0 Å². The minimum atomic E-state index is -4.01. The van der Waals surface area contributed by atoms with Gasteiger partial charge in [0, 0.05) is 31.7 Å². The molecule has 29 heavy (non-hydrogen) atoms. The molecule has 8 N–H and O–H groups in total. The van der Waals surface area contributed by atoms with Gasteiger partial charge >= 0.3 is 0 Å². The van der Waals surface area contributed by atoms with Crippen LogP contribution in [0.25, 0.3) is 11.1 Å². The van der Waals surface area contributed by atoms with Gasteiger partial charge in [0.25, 0.3) is 0 Å². The third kappa shape index (κ3) is 4.92. The number of nitrogens with zero attached hydrogens (tertiary/aromatic N) is 1. The zero-order chi connectivity index (χ0) is 21.1. The van der Waals surface area contributed by atoms with Gasteiger partial charge in [-0.3, -0.25) is 0 Å². The van der Waals surface area contributed by atoms with Gasteiger partial charge in [0.05, 0.1) is 11.5 Å². The Morgan fingerprint density at radius 2 is 1.97 bits per heavy atom. The number of benzene rings is 2. The Kier molecular flexibility index (Phi) is 6.20. The van der Waals surface area contributed by atoms with Crippen LogP contribution in [0.15, 0.2) is 52.5 Å². The van der Waals surface area contributed by atoms with Crippen LogP contribution in [0.1, 0.15) is 17.5 Å². The standard InChI is InChI=1S/C19H25N5O4S/c20-18(24-21)17-15(2-1-3-16(17)29(22,26)27)14-6-4-13(5-7-14)10-23-11-19(25)8-9-28-12-19/h1-7,23,25H,8-12,21H2,(H2,20,24)(H2,22,26,27)/t19-/m0/s1. The summed E-state index contributed by atoms with van der Waals surface area (Å²) < 4.78 is 29.1. The van der Waals surface area contributed by atoms with Crippen LogP contribution in [0.2, 0.25) is 0 Å². The number of ether oxygens (including phenoxy) is 1.